The Balaban J connectivity index is 1.56. The minimum Gasteiger partial charge on any atom is -0.473 e. The van der Waals surface area contributed by atoms with Gasteiger partial charge in [-0.15, -0.1) is 11.3 Å². The summed E-state index contributed by atoms with van der Waals surface area (Å²) in [6.07, 6.45) is 4.62. The number of aromatic nitrogens is 3. The zero-order valence-electron chi connectivity index (χ0n) is 14.3. The van der Waals surface area contributed by atoms with Crippen molar-refractivity contribution in [3.63, 3.8) is 0 Å². The Labute approximate surface area is 154 Å². The summed E-state index contributed by atoms with van der Waals surface area (Å²) in [6.45, 7) is 1.97. The first-order valence-corrected chi connectivity index (χ1v) is 10.2. The summed E-state index contributed by atoms with van der Waals surface area (Å²) < 4.78 is 11.6. The molecule has 0 unspecified atom stereocenters. The predicted molar refractivity (Wildman–Crippen MR) is 103 cm³/mol. The van der Waals surface area contributed by atoms with Crippen molar-refractivity contribution in [1.82, 2.24) is 19.7 Å². The summed E-state index contributed by atoms with van der Waals surface area (Å²) in [6, 6.07) is 4.61. The molecule has 0 atom stereocenters. The van der Waals surface area contributed by atoms with Gasteiger partial charge in [0, 0.05) is 6.04 Å². The topological polar surface area (TPSA) is 72.0 Å². The molecule has 2 N–H and O–H groups in total. The van der Waals surface area contributed by atoms with Crippen LogP contribution in [0.2, 0.25) is 0 Å². The highest BCUT2D eigenvalue weighted by molar-refractivity contribution is 7.17. The van der Waals surface area contributed by atoms with Gasteiger partial charge in [-0.05, 0) is 68.7 Å². The largest absolute Gasteiger partial charge is 0.473 e. The SMILES string of the molecule is CN[C@H]1CC[C@@H](Oc2nc(Nc3cc(C)ns3)nc3ccsc23)CC1. The summed E-state index contributed by atoms with van der Waals surface area (Å²) in [4.78, 5) is 9.24. The molecule has 3 aromatic heterocycles. The van der Waals surface area contributed by atoms with Crippen LogP contribution in [0, 0.1) is 6.92 Å². The van der Waals surface area contributed by atoms with E-state index in [0.717, 1.165) is 46.6 Å². The van der Waals surface area contributed by atoms with Crippen LogP contribution in [0.1, 0.15) is 31.4 Å². The lowest BCUT2D eigenvalue weighted by molar-refractivity contribution is 0.138. The van der Waals surface area contributed by atoms with Gasteiger partial charge in [-0.1, -0.05) is 0 Å². The van der Waals surface area contributed by atoms with Crippen LogP contribution in [-0.2, 0) is 0 Å². The monoisotopic (exact) mass is 375 g/mol. The third-order valence-electron chi connectivity index (χ3n) is 4.50. The predicted octanol–water partition coefficient (Wildman–Crippen LogP) is 4.11. The van der Waals surface area contributed by atoms with Crippen LogP contribution in [0.4, 0.5) is 10.9 Å². The molecule has 0 saturated heterocycles. The number of nitrogens with one attached hydrogen (secondary N) is 2. The van der Waals surface area contributed by atoms with E-state index in [1.54, 1.807) is 11.3 Å². The molecule has 0 aromatic carbocycles. The van der Waals surface area contributed by atoms with Crippen molar-refractivity contribution < 1.29 is 4.74 Å². The normalized spacial score (nSPS) is 20.7. The molecule has 1 fully saturated rings. The van der Waals surface area contributed by atoms with E-state index in [1.807, 2.05) is 31.5 Å². The van der Waals surface area contributed by atoms with Crippen molar-refractivity contribution >= 4 is 44.0 Å². The minimum absolute atomic E-state index is 0.225. The van der Waals surface area contributed by atoms with E-state index >= 15 is 0 Å². The second kappa shape index (κ2) is 7.23. The fraction of sp³-hybridized carbons (Fsp3) is 0.471. The summed E-state index contributed by atoms with van der Waals surface area (Å²) >= 11 is 3.04. The van der Waals surface area contributed by atoms with Crippen LogP contribution in [0.25, 0.3) is 10.2 Å². The van der Waals surface area contributed by atoms with Gasteiger partial charge >= 0.3 is 0 Å². The van der Waals surface area contributed by atoms with Gasteiger partial charge in [0.1, 0.15) is 15.8 Å². The Bertz CT molecular complexity index is 854. The van der Waals surface area contributed by atoms with Gasteiger partial charge in [-0.3, -0.25) is 0 Å². The van der Waals surface area contributed by atoms with Gasteiger partial charge in [0.15, 0.2) is 0 Å². The third-order valence-corrected chi connectivity index (χ3v) is 6.18. The molecule has 25 heavy (non-hydrogen) atoms. The number of anilines is 2. The molecular formula is C17H21N5OS2. The Kier molecular flexibility index (Phi) is 4.82. The van der Waals surface area contributed by atoms with Crippen LogP contribution in [-0.4, -0.2) is 33.5 Å². The maximum absolute atomic E-state index is 6.28. The molecule has 1 aliphatic rings. The molecule has 4 rings (SSSR count). The Morgan fingerprint density at radius 3 is 2.76 bits per heavy atom. The van der Waals surface area contributed by atoms with E-state index in [-0.39, 0.29) is 6.10 Å². The number of ether oxygens (including phenoxy) is 1. The molecule has 0 radical (unpaired) electrons. The van der Waals surface area contributed by atoms with Crippen LogP contribution in [0.15, 0.2) is 17.5 Å². The van der Waals surface area contributed by atoms with Crippen molar-refractivity contribution in [2.24, 2.45) is 0 Å². The molecule has 0 aliphatic heterocycles. The second-order valence-electron chi connectivity index (χ2n) is 6.33. The second-order valence-corrected chi connectivity index (χ2v) is 8.05. The maximum atomic E-state index is 6.28. The van der Waals surface area contributed by atoms with Crippen molar-refractivity contribution in [2.45, 2.75) is 44.8 Å². The van der Waals surface area contributed by atoms with Crippen molar-refractivity contribution in [1.29, 1.82) is 0 Å². The molecule has 6 nitrogen and oxygen atoms in total. The number of nitrogens with zero attached hydrogens (tertiary/aromatic N) is 3. The summed E-state index contributed by atoms with van der Waals surface area (Å²) in [7, 11) is 2.03. The van der Waals surface area contributed by atoms with Gasteiger partial charge in [0.25, 0.3) is 0 Å². The van der Waals surface area contributed by atoms with Crippen molar-refractivity contribution in [3.05, 3.63) is 23.2 Å². The van der Waals surface area contributed by atoms with E-state index in [1.165, 1.54) is 11.5 Å². The lowest BCUT2D eigenvalue weighted by Gasteiger charge is -2.28. The smallest absolute Gasteiger partial charge is 0.236 e. The first-order chi connectivity index (χ1) is 12.2. The molecule has 132 valence electrons. The molecule has 0 amide bonds. The first kappa shape index (κ1) is 16.7. The summed E-state index contributed by atoms with van der Waals surface area (Å²) in [5, 5.41) is 9.58. The highest BCUT2D eigenvalue weighted by atomic mass is 32.1. The molecule has 0 bridgehead atoms. The van der Waals surface area contributed by atoms with Gasteiger partial charge in [-0.25, -0.2) is 4.98 Å². The Morgan fingerprint density at radius 1 is 1.20 bits per heavy atom. The maximum Gasteiger partial charge on any atom is 0.236 e. The van der Waals surface area contributed by atoms with E-state index in [2.05, 4.69) is 25.0 Å². The quantitative estimate of drug-likeness (QED) is 0.699. The molecule has 1 saturated carbocycles. The number of hydrogen-bond acceptors (Lipinski definition) is 8. The average molecular weight is 376 g/mol. The number of rotatable bonds is 5. The molecular weight excluding hydrogens is 354 g/mol. The van der Waals surface area contributed by atoms with Gasteiger partial charge in [0.05, 0.1) is 11.2 Å². The molecule has 3 aromatic rings. The zero-order valence-corrected chi connectivity index (χ0v) is 15.9. The zero-order chi connectivity index (χ0) is 17.2. The van der Waals surface area contributed by atoms with E-state index in [4.69, 9.17) is 4.74 Å². The van der Waals surface area contributed by atoms with Gasteiger partial charge in [0.2, 0.25) is 11.8 Å². The van der Waals surface area contributed by atoms with Crippen LogP contribution in [0.3, 0.4) is 0 Å². The number of thiophene rings is 1. The average Bonchev–Trinajstić information content (AvgIpc) is 3.24. The van der Waals surface area contributed by atoms with Gasteiger partial charge < -0.3 is 15.4 Å². The van der Waals surface area contributed by atoms with Gasteiger partial charge in [-0.2, -0.15) is 9.36 Å². The standard InChI is InChI=1S/C17H21N5OS2/c1-10-9-14(25-22-10)20-17-19-13-7-8-24-15(13)16(21-17)23-12-5-3-11(18-2)4-6-12/h7-9,11-12,18H,3-6H2,1-2H3,(H,19,20,21)/t11-,12+. The summed E-state index contributed by atoms with van der Waals surface area (Å²) in [5.41, 5.74) is 1.91. The number of aryl methyl sites for hydroxylation is 1. The Morgan fingerprint density at radius 2 is 2.04 bits per heavy atom. The van der Waals surface area contributed by atoms with E-state index in [0.29, 0.717) is 17.9 Å². The minimum atomic E-state index is 0.225. The number of hydrogen-bond donors (Lipinski definition) is 2. The molecule has 3 heterocycles. The van der Waals surface area contributed by atoms with Crippen LogP contribution >= 0.6 is 22.9 Å². The highest BCUT2D eigenvalue weighted by Gasteiger charge is 2.23. The molecule has 0 spiro atoms. The van der Waals surface area contributed by atoms with E-state index < -0.39 is 0 Å². The number of fused-ring (bicyclic) bond motifs is 1. The summed E-state index contributed by atoms with van der Waals surface area (Å²) in [5.74, 6) is 1.25. The fourth-order valence-corrected chi connectivity index (χ4v) is 4.55. The van der Waals surface area contributed by atoms with Crippen LogP contribution in [0.5, 0.6) is 5.88 Å². The highest BCUT2D eigenvalue weighted by Crippen LogP contribution is 2.33. The molecule has 1 aliphatic carbocycles. The van der Waals surface area contributed by atoms with Crippen molar-refractivity contribution in [2.75, 3.05) is 12.4 Å². The fourth-order valence-electron chi connectivity index (χ4n) is 3.13. The molecule has 8 heteroatoms. The van der Waals surface area contributed by atoms with E-state index in [9.17, 15) is 0 Å². The first-order valence-electron chi connectivity index (χ1n) is 8.51. The third kappa shape index (κ3) is 3.75. The lowest BCUT2D eigenvalue weighted by Crippen LogP contribution is -2.34. The van der Waals surface area contributed by atoms with Crippen molar-refractivity contribution in [3.8, 4) is 5.88 Å². The Hall–Kier alpha value is -1.77. The van der Waals surface area contributed by atoms with Crippen LogP contribution < -0.4 is 15.4 Å². The lowest BCUT2D eigenvalue weighted by atomic mass is 9.93.